The summed E-state index contributed by atoms with van der Waals surface area (Å²) in [5.41, 5.74) is -0.190. The highest BCUT2D eigenvalue weighted by Gasteiger charge is 2.42. The molecule has 2 rings (SSSR count). The van der Waals surface area contributed by atoms with E-state index in [1.807, 2.05) is 0 Å². The lowest BCUT2D eigenvalue weighted by Gasteiger charge is -2.27. The zero-order valence-corrected chi connectivity index (χ0v) is 16.8. The van der Waals surface area contributed by atoms with Gasteiger partial charge in [0, 0.05) is 12.1 Å². The second-order valence-electron chi connectivity index (χ2n) is 5.77. The van der Waals surface area contributed by atoms with Crippen molar-refractivity contribution in [2.75, 3.05) is 13.2 Å². The van der Waals surface area contributed by atoms with Gasteiger partial charge < -0.3 is 19.1 Å². The number of halogens is 3. The van der Waals surface area contributed by atoms with Crippen molar-refractivity contribution in [1.82, 2.24) is 5.32 Å². The molecule has 0 radical (unpaired) electrons. The highest BCUT2D eigenvalue weighted by molar-refractivity contribution is 7.54. The van der Waals surface area contributed by atoms with Crippen LogP contribution < -0.4 is 5.32 Å². The van der Waals surface area contributed by atoms with Crippen molar-refractivity contribution in [2.45, 2.75) is 26.2 Å². The van der Waals surface area contributed by atoms with E-state index in [0.717, 1.165) is 0 Å². The Labute approximate surface area is 166 Å². The number of benzene rings is 2. The number of amides is 1. The third-order valence-corrected chi connectivity index (χ3v) is 5.97. The number of alkyl carbamates (subject to hydrolysis) is 1. The van der Waals surface area contributed by atoms with Crippen LogP contribution in [0.4, 0.5) is 18.0 Å². The van der Waals surface area contributed by atoms with Gasteiger partial charge in [0.25, 0.3) is 0 Å². The highest BCUT2D eigenvalue weighted by Crippen LogP contribution is 2.60. The predicted molar refractivity (Wildman–Crippen MR) is 99.7 cm³/mol. The Morgan fingerprint density at radius 2 is 1.59 bits per heavy atom. The van der Waals surface area contributed by atoms with E-state index in [2.05, 4.69) is 5.32 Å². The fourth-order valence-corrected chi connectivity index (χ4v) is 4.47. The van der Waals surface area contributed by atoms with Crippen LogP contribution in [0.15, 0.2) is 42.5 Å². The lowest BCUT2D eigenvalue weighted by molar-refractivity contribution is 0.134. The first-order chi connectivity index (χ1) is 13.8. The van der Waals surface area contributed by atoms with E-state index in [0.29, 0.717) is 17.7 Å². The van der Waals surface area contributed by atoms with Gasteiger partial charge in [-0.2, -0.15) is 0 Å². The van der Waals surface area contributed by atoms with Crippen LogP contribution in [-0.2, 0) is 25.0 Å². The average molecular weight is 431 g/mol. The van der Waals surface area contributed by atoms with Crippen molar-refractivity contribution < 1.29 is 36.3 Å². The molecule has 1 atom stereocenters. The number of ether oxygens (including phenoxy) is 1. The Bertz CT molecular complexity index is 848. The number of carbonyl (C=O) groups is 1. The van der Waals surface area contributed by atoms with Crippen molar-refractivity contribution >= 4 is 13.7 Å². The summed E-state index contributed by atoms with van der Waals surface area (Å²) in [5.74, 6) is -5.76. The number of nitrogens with one attached hydrogen (secondary N) is 1. The molecule has 158 valence electrons. The normalized spacial score (nSPS) is 12.4. The summed E-state index contributed by atoms with van der Waals surface area (Å²) in [5, 5.41) is 2.14. The quantitative estimate of drug-likeness (QED) is 0.546. The van der Waals surface area contributed by atoms with Crippen LogP contribution in [0.3, 0.4) is 0 Å². The maximum absolute atomic E-state index is 14.4. The minimum atomic E-state index is -4.28. The zero-order chi connectivity index (χ0) is 21.4. The molecule has 10 heteroatoms. The molecule has 0 aliphatic heterocycles. The summed E-state index contributed by atoms with van der Waals surface area (Å²) >= 11 is 0. The van der Waals surface area contributed by atoms with Crippen molar-refractivity contribution in [3.8, 4) is 0 Å². The van der Waals surface area contributed by atoms with E-state index in [1.54, 1.807) is 30.3 Å². The van der Waals surface area contributed by atoms with Gasteiger partial charge >= 0.3 is 13.7 Å². The Hall–Kier alpha value is -2.35. The molecule has 0 saturated carbocycles. The summed E-state index contributed by atoms with van der Waals surface area (Å²) in [4.78, 5) is 12.3. The van der Waals surface area contributed by atoms with Crippen LogP contribution in [0.2, 0.25) is 0 Å². The van der Waals surface area contributed by atoms with Crippen LogP contribution in [0.5, 0.6) is 0 Å². The van der Waals surface area contributed by atoms with Gasteiger partial charge in [-0.3, -0.25) is 4.57 Å². The molecule has 29 heavy (non-hydrogen) atoms. The van der Waals surface area contributed by atoms with E-state index in [4.69, 9.17) is 13.8 Å². The van der Waals surface area contributed by atoms with E-state index < -0.39 is 42.5 Å². The number of hydrogen-bond donors (Lipinski definition) is 1. The molecule has 1 N–H and O–H groups in total. The number of rotatable bonds is 9. The maximum Gasteiger partial charge on any atom is 0.408 e. The van der Waals surface area contributed by atoms with Gasteiger partial charge in [0.1, 0.15) is 24.1 Å². The lowest BCUT2D eigenvalue weighted by Crippen LogP contribution is -2.31. The molecule has 0 spiro atoms. The van der Waals surface area contributed by atoms with Crippen LogP contribution >= 0.6 is 7.60 Å². The van der Waals surface area contributed by atoms with E-state index in [-0.39, 0.29) is 19.8 Å². The molecule has 0 fully saturated rings. The summed E-state index contributed by atoms with van der Waals surface area (Å²) in [6.07, 6.45) is -1.11. The second kappa shape index (κ2) is 10.4. The minimum absolute atomic E-state index is 0.126. The average Bonchev–Trinajstić information content (AvgIpc) is 2.66. The predicted octanol–water partition coefficient (Wildman–Crippen LogP) is 5.30. The molecule has 1 unspecified atom stereocenters. The molecule has 0 aromatic heterocycles. The third-order valence-electron chi connectivity index (χ3n) is 3.72. The Kier molecular flexibility index (Phi) is 8.25. The van der Waals surface area contributed by atoms with Gasteiger partial charge in [0.05, 0.1) is 18.8 Å². The number of hydrogen-bond acceptors (Lipinski definition) is 5. The minimum Gasteiger partial charge on any atom is -0.445 e. The first kappa shape index (κ1) is 22.9. The molecule has 2 aromatic carbocycles. The first-order valence-corrected chi connectivity index (χ1v) is 10.4. The molecule has 6 nitrogen and oxygen atoms in total. The molecule has 0 bridgehead atoms. The second-order valence-corrected chi connectivity index (χ2v) is 7.88. The molecule has 2 aromatic rings. The smallest absolute Gasteiger partial charge is 0.408 e. The van der Waals surface area contributed by atoms with Gasteiger partial charge in [-0.05, 0) is 19.4 Å². The molecular weight excluding hydrogens is 410 g/mol. The van der Waals surface area contributed by atoms with Crippen LogP contribution in [0.1, 0.15) is 30.8 Å². The molecular formula is C19H21F3NO5P. The Morgan fingerprint density at radius 3 is 2.10 bits per heavy atom. The molecule has 0 heterocycles. The van der Waals surface area contributed by atoms with E-state index >= 15 is 0 Å². The van der Waals surface area contributed by atoms with E-state index in [9.17, 15) is 22.5 Å². The third kappa shape index (κ3) is 6.06. The largest absolute Gasteiger partial charge is 0.445 e. The van der Waals surface area contributed by atoms with Crippen LogP contribution in [0.25, 0.3) is 0 Å². The van der Waals surface area contributed by atoms with Gasteiger partial charge in [-0.1, -0.05) is 30.3 Å². The summed E-state index contributed by atoms with van der Waals surface area (Å²) in [6, 6.07) is 9.47. The fourth-order valence-electron chi connectivity index (χ4n) is 2.55. The molecule has 0 aliphatic rings. The lowest BCUT2D eigenvalue weighted by atomic mass is 10.2. The van der Waals surface area contributed by atoms with Crippen LogP contribution in [-0.4, -0.2) is 19.3 Å². The Morgan fingerprint density at radius 1 is 1.03 bits per heavy atom. The molecule has 0 saturated heterocycles. The van der Waals surface area contributed by atoms with E-state index in [1.165, 1.54) is 13.8 Å². The van der Waals surface area contributed by atoms with Gasteiger partial charge in [-0.15, -0.1) is 0 Å². The van der Waals surface area contributed by atoms with Gasteiger partial charge in [0.2, 0.25) is 0 Å². The summed E-state index contributed by atoms with van der Waals surface area (Å²) in [7, 11) is -4.28. The van der Waals surface area contributed by atoms with Crippen molar-refractivity contribution in [3.63, 3.8) is 0 Å². The standard InChI is InChI=1S/C19H21F3NO5P/c1-3-27-29(25,28-4-2)18(17-15(21)10-14(20)11-16(17)22)23-19(24)26-12-13-8-6-5-7-9-13/h5-11,18H,3-4,12H2,1-2H3,(H,23,24). The summed E-state index contributed by atoms with van der Waals surface area (Å²) in [6.45, 7) is 2.60. The first-order valence-electron chi connectivity index (χ1n) is 8.81. The Balaban J connectivity index is 2.34. The van der Waals surface area contributed by atoms with Crippen molar-refractivity contribution in [1.29, 1.82) is 0 Å². The van der Waals surface area contributed by atoms with Gasteiger partial charge in [0.15, 0.2) is 5.78 Å². The zero-order valence-electron chi connectivity index (χ0n) is 15.9. The van der Waals surface area contributed by atoms with Crippen molar-refractivity contribution in [2.24, 2.45) is 0 Å². The maximum atomic E-state index is 14.4. The van der Waals surface area contributed by atoms with Crippen molar-refractivity contribution in [3.05, 3.63) is 71.0 Å². The molecule has 0 aliphatic carbocycles. The van der Waals surface area contributed by atoms with Crippen LogP contribution in [0, 0.1) is 17.5 Å². The summed E-state index contributed by atoms with van der Waals surface area (Å²) < 4.78 is 70.5. The monoisotopic (exact) mass is 431 g/mol. The number of carbonyl (C=O) groups excluding carboxylic acids is 1. The highest BCUT2D eigenvalue weighted by atomic mass is 31.2. The molecule has 1 amide bonds. The topological polar surface area (TPSA) is 73.9 Å². The SMILES string of the molecule is CCOP(=O)(OCC)C(NC(=O)OCc1ccccc1)c1c(F)cc(F)cc1F. The van der Waals surface area contributed by atoms with Gasteiger partial charge in [-0.25, -0.2) is 18.0 Å². The fraction of sp³-hybridized carbons (Fsp3) is 0.316.